The number of piperazine rings is 1. The number of pyridine rings is 1. The topological polar surface area (TPSA) is 60.5 Å². The second kappa shape index (κ2) is 6.96. The standard InChI is InChI=1S/C20H25N5O/c1-14-12-19(26)23-17-5-3-4-16(20(17)22-14)15-6-7-18(21-13-15)25-10-8-24(2)9-11-25/h3-7,13-14,22H,8-12H2,1-2H3,(H,23,26). The van der Waals surface area contributed by atoms with E-state index in [-0.39, 0.29) is 11.9 Å². The second-order valence-electron chi connectivity index (χ2n) is 7.22. The number of hydrogen-bond donors (Lipinski definition) is 2. The van der Waals surface area contributed by atoms with Crippen molar-refractivity contribution in [1.29, 1.82) is 0 Å². The molecule has 0 radical (unpaired) electrons. The number of fused-ring (bicyclic) bond motifs is 1. The highest BCUT2D eigenvalue weighted by Crippen LogP contribution is 2.36. The number of carbonyl (C=O) groups excluding carboxylic acids is 1. The summed E-state index contributed by atoms with van der Waals surface area (Å²) in [5.41, 5.74) is 3.92. The lowest BCUT2D eigenvalue weighted by atomic mass is 10.0. The van der Waals surface area contributed by atoms with Crippen molar-refractivity contribution < 1.29 is 4.79 Å². The van der Waals surface area contributed by atoms with Crippen LogP contribution in [0.2, 0.25) is 0 Å². The first-order chi connectivity index (χ1) is 12.6. The molecule has 2 aromatic rings. The van der Waals surface area contributed by atoms with Crippen LogP contribution in [0.1, 0.15) is 13.3 Å². The Kier molecular flexibility index (Phi) is 4.51. The van der Waals surface area contributed by atoms with Gasteiger partial charge in [0.2, 0.25) is 5.91 Å². The number of carbonyl (C=O) groups is 1. The number of likely N-dealkylation sites (N-methyl/N-ethyl adjacent to an activating group) is 1. The maximum absolute atomic E-state index is 12.0. The van der Waals surface area contributed by atoms with Crippen LogP contribution in [0, 0.1) is 0 Å². The molecule has 4 rings (SSSR count). The molecule has 0 spiro atoms. The molecule has 0 bridgehead atoms. The SMILES string of the molecule is CC1CC(=O)Nc2cccc(-c3ccc(N4CCN(C)CC4)nc3)c2N1. The predicted octanol–water partition coefficient (Wildman–Crippen LogP) is 2.64. The Hall–Kier alpha value is -2.60. The van der Waals surface area contributed by atoms with E-state index < -0.39 is 0 Å². The van der Waals surface area contributed by atoms with Gasteiger partial charge in [0.1, 0.15) is 5.82 Å². The lowest BCUT2D eigenvalue weighted by molar-refractivity contribution is -0.116. The Morgan fingerprint density at radius 3 is 2.65 bits per heavy atom. The zero-order valence-corrected chi connectivity index (χ0v) is 15.3. The van der Waals surface area contributed by atoms with Gasteiger partial charge in [-0.05, 0) is 32.2 Å². The molecule has 1 amide bonds. The van der Waals surface area contributed by atoms with E-state index in [1.165, 1.54) is 0 Å². The van der Waals surface area contributed by atoms with Gasteiger partial charge in [-0.15, -0.1) is 0 Å². The van der Waals surface area contributed by atoms with E-state index in [1.807, 2.05) is 25.3 Å². The first kappa shape index (κ1) is 16.8. The van der Waals surface area contributed by atoms with E-state index in [1.54, 1.807) is 0 Å². The molecule has 2 aliphatic rings. The molecule has 2 aliphatic heterocycles. The number of nitrogens with zero attached hydrogens (tertiary/aromatic N) is 3. The van der Waals surface area contributed by atoms with Crippen molar-refractivity contribution in [3.05, 3.63) is 36.5 Å². The third kappa shape index (κ3) is 3.37. The highest BCUT2D eigenvalue weighted by Gasteiger charge is 2.21. The smallest absolute Gasteiger partial charge is 0.226 e. The van der Waals surface area contributed by atoms with Crippen molar-refractivity contribution in [3.8, 4) is 11.1 Å². The van der Waals surface area contributed by atoms with Gasteiger partial charge < -0.3 is 20.4 Å². The van der Waals surface area contributed by atoms with Crippen molar-refractivity contribution in [3.63, 3.8) is 0 Å². The predicted molar refractivity (Wildman–Crippen MR) is 106 cm³/mol. The largest absolute Gasteiger partial charge is 0.380 e. The Balaban J connectivity index is 1.62. The van der Waals surface area contributed by atoms with Crippen molar-refractivity contribution in [2.45, 2.75) is 19.4 Å². The minimum atomic E-state index is 0.0458. The summed E-state index contributed by atoms with van der Waals surface area (Å²) in [5, 5.41) is 6.47. The van der Waals surface area contributed by atoms with Gasteiger partial charge in [-0.3, -0.25) is 4.79 Å². The highest BCUT2D eigenvalue weighted by molar-refractivity contribution is 6.00. The molecule has 6 heteroatoms. The van der Waals surface area contributed by atoms with E-state index in [2.05, 4.69) is 45.7 Å². The molecule has 6 nitrogen and oxygen atoms in total. The molecule has 1 unspecified atom stereocenters. The van der Waals surface area contributed by atoms with Crippen LogP contribution in [0.4, 0.5) is 17.2 Å². The monoisotopic (exact) mass is 351 g/mol. The molecule has 136 valence electrons. The van der Waals surface area contributed by atoms with Crippen molar-refractivity contribution in [2.24, 2.45) is 0 Å². The first-order valence-electron chi connectivity index (χ1n) is 9.19. The minimum absolute atomic E-state index is 0.0458. The van der Waals surface area contributed by atoms with Gasteiger partial charge in [-0.25, -0.2) is 4.98 Å². The lowest BCUT2D eigenvalue weighted by Gasteiger charge is -2.33. The molecule has 1 aromatic carbocycles. The normalized spacial score (nSPS) is 20.8. The average Bonchev–Trinajstić information content (AvgIpc) is 2.78. The van der Waals surface area contributed by atoms with Crippen LogP contribution in [0.15, 0.2) is 36.5 Å². The number of hydrogen-bond acceptors (Lipinski definition) is 5. The Bertz CT molecular complexity index is 796. The maximum Gasteiger partial charge on any atom is 0.226 e. The summed E-state index contributed by atoms with van der Waals surface area (Å²) >= 11 is 0. The van der Waals surface area contributed by atoms with Crippen LogP contribution < -0.4 is 15.5 Å². The number of nitrogens with one attached hydrogen (secondary N) is 2. The molecule has 1 atom stereocenters. The summed E-state index contributed by atoms with van der Waals surface area (Å²) in [6.07, 6.45) is 2.40. The van der Waals surface area contributed by atoms with Crippen LogP contribution in [-0.2, 0) is 4.79 Å². The molecule has 0 saturated carbocycles. The van der Waals surface area contributed by atoms with Gasteiger partial charge in [0.05, 0.1) is 11.4 Å². The zero-order valence-electron chi connectivity index (χ0n) is 15.3. The van der Waals surface area contributed by atoms with E-state index in [0.29, 0.717) is 6.42 Å². The van der Waals surface area contributed by atoms with Gasteiger partial charge in [0.15, 0.2) is 0 Å². The highest BCUT2D eigenvalue weighted by atomic mass is 16.1. The van der Waals surface area contributed by atoms with Crippen LogP contribution in [0.3, 0.4) is 0 Å². The maximum atomic E-state index is 12.0. The van der Waals surface area contributed by atoms with Crippen molar-refractivity contribution in [1.82, 2.24) is 9.88 Å². The molecule has 1 saturated heterocycles. The molecule has 1 fully saturated rings. The van der Waals surface area contributed by atoms with Crippen LogP contribution in [0.25, 0.3) is 11.1 Å². The van der Waals surface area contributed by atoms with Crippen LogP contribution in [0.5, 0.6) is 0 Å². The number of aromatic nitrogens is 1. The first-order valence-corrected chi connectivity index (χ1v) is 9.19. The summed E-state index contributed by atoms with van der Waals surface area (Å²) in [6, 6.07) is 10.3. The summed E-state index contributed by atoms with van der Waals surface area (Å²) in [7, 11) is 2.15. The second-order valence-corrected chi connectivity index (χ2v) is 7.22. The summed E-state index contributed by atoms with van der Waals surface area (Å²) in [6.45, 7) is 6.18. The number of benzene rings is 1. The zero-order chi connectivity index (χ0) is 18.1. The quantitative estimate of drug-likeness (QED) is 0.871. The molecule has 1 aromatic heterocycles. The number of anilines is 3. The van der Waals surface area contributed by atoms with E-state index in [4.69, 9.17) is 4.98 Å². The van der Waals surface area contributed by atoms with E-state index in [9.17, 15) is 4.79 Å². The lowest BCUT2D eigenvalue weighted by Crippen LogP contribution is -2.44. The number of rotatable bonds is 2. The number of amides is 1. The third-order valence-electron chi connectivity index (χ3n) is 5.11. The van der Waals surface area contributed by atoms with Gasteiger partial charge in [0.25, 0.3) is 0 Å². The van der Waals surface area contributed by atoms with Gasteiger partial charge in [-0.2, -0.15) is 0 Å². The third-order valence-corrected chi connectivity index (χ3v) is 5.11. The Labute approximate surface area is 154 Å². The fraction of sp³-hybridized carbons (Fsp3) is 0.400. The van der Waals surface area contributed by atoms with Crippen molar-refractivity contribution in [2.75, 3.05) is 48.8 Å². The van der Waals surface area contributed by atoms with Crippen LogP contribution in [-0.4, -0.2) is 55.1 Å². The van der Waals surface area contributed by atoms with Gasteiger partial charge in [0, 0.05) is 56.0 Å². The Morgan fingerprint density at radius 2 is 1.92 bits per heavy atom. The van der Waals surface area contributed by atoms with Crippen molar-refractivity contribution >= 4 is 23.1 Å². The molecular weight excluding hydrogens is 326 g/mol. The fourth-order valence-corrected chi connectivity index (χ4v) is 3.60. The molecule has 2 N–H and O–H groups in total. The van der Waals surface area contributed by atoms with E-state index in [0.717, 1.165) is 54.5 Å². The molecular formula is C20H25N5O. The summed E-state index contributed by atoms with van der Waals surface area (Å²) in [5.74, 6) is 1.07. The van der Waals surface area contributed by atoms with Gasteiger partial charge in [-0.1, -0.05) is 12.1 Å². The molecule has 26 heavy (non-hydrogen) atoms. The number of para-hydroxylation sites is 1. The average molecular weight is 351 g/mol. The van der Waals surface area contributed by atoms with Gasteiger partial charge >= 0.3 is 0 Å². The molecule has 3 heterocycles. The fourth-order valence-electron chi connectivity index (χ4n) is 3.60. The van der Waals surface area contributed by atoms with E-state index >= 15 is 0 Å². The Morgan fingerprint density at radius 1 is 1.12 bits per heavy atom. The van der Waals surface area contributed by atoms with Crippen LogP contribution >= 0.6 is 0 Å². The minimum Gasteiger partial charge on any atom is -0.380 e. The summed E-state index contributed by atoms with van der Waals surface area (Å²) in [4.78, 5) is 21.3. The summed E-state index contributed by atoms with van der Waals surface area (Å²) < 4.78 is 0. The molecule has 0 aliphatic carbocycles.